The largest absolute Gasteiger partial charge is 0.489 e. The zero-order valence-electron chi connectivity index (χ0n) is 14.1. The van der Waals surface area contributed by atoms with Gasteiger partial charge < -0.3 is 15.2 Å². The van der Waals surface area contributed by atoms with E-state index in [0.717, 1.165) is 5.56 Å². The summed E-state index contributed by atoms with van der Waals surface area (Å²) in [7, 11) is 0. The molecule has 1 atom stereocenters. The summed E-state index contributed by atoms with van der Waals surface area (Å²) < 4.78 is 19.3. The van der Waals surface area contributed by atoms with Gasteiger partial charge in [-0.1, -0.05) is 43.6 Å². The monoisotopic (exact) mass is 365 g/mol. The molecular weight excluding hydrogens is 345 g/mol. The summed E-state index contributed by atoms with van der Waals surface area (Å²) in [5.41, 5.74) is 1.25. The lowest BCUT2D eigenvalue weighted by atomic mass is 10.0. The number of benzene rings is 2. The fourth-order valence-corrected chi connectivity index (χ4v) is 2.58. The molecule has 4 nitrogen and oxygen atoms in total. The second-order valence-corrected chi connectivity index (χ2v) is 6.48. The molecule has 0 aromatic heterocycles. The molecule has 134 valence electrons. The summed E-state index contributed by atoms with van der Waals surface area (Å²) >= 11 is 5.97. The van der Waals surface area contributed by atoms with Crippen LogP contribution in [0.1, 0.15) is 25.0 Å². The van der Waals surface area contributed by atoms with Crippen molar-refractivity contribution in [3.63, 3.8) is 0 Å². The number of nitrogens with one attached hydrogen (secondary N) is 1. The predicted molar refractivity (Wildman–Crippen MR) is 95.3 cm³/mol. The maximum absolute atomic E-state index is 13.7. The highest BCUT2D eigenvalue weighted by molar-refractivity contribution is 6.31. The molecule has 25 heavy (non-hydrogen) atoms. The minimum Gasteiger partial charge on any atom is -0.489 e. The normalized spacial score (nSPS) is 12.2. The average molecular weight is 366 g/mol. The van der Waals surface area contributed by atoms with Gasteiger partial charge in [0.1, 0.15) is 24.2 Å². The SMILES string of the molecule is CC(C)C(NCc1ccc(OCc2c(F)cccc2Cl)cc1)C(=O)O. The van der Waals surface area contributed by atoms with Crippen molar-refractivity contribution in [1.82, 2.24) is 5.32 Å². The van der Waals surface area contributed by atoms with E-state index in [9.17, 15) is 9.18 Å². The number of carboxylic acid groups (broad SMARTS) is 1. The number of rotatable bonds is 8. The molecule has 2 aromatic carbocycles. The number of halogens is 2. The quantitative estimate of drug-likeness (QED) is 0.734. The molecule has 0 radical (unpaired) electrons. The molecule has 0 saturated carbocycles. The molecule has 2 rings (SSSR count). The van der Waals surface area contributed by atoms with E-state index >= 15 is 0 Å². The Balaban J connectivity index is 1.93. The van der Waals surface area contributed by atoms with Crippen LogP contribution in [0.3, 0.4) is 0 Å². The van der Waals surface area contributed by atoms with E-state index in [0.29, 0.717) is 22.9 Å². The van der Waals surface area contributed by atoms with Crippen LogP contribution in [-0.2, 0) is 17.9 Å². The summed E-state index contributed by atoms with van der Waals surface area (Å²) in [6.07, 6.45) is 0. The minimum absolute atomic E-state index is 0.00868. The van der Waals surface area contributed by atoms with Crippen LogP contribution in [0.25, 0.3) is 0 Å². The van der Waals surface area contributed by atoms with E-state index in [2.05, 4.69) is 5.32 Å². The van der Waals surface area contributed by atoms with E-state index in [1.807, 2.05) is 26.0 Å². The first-order valence-electron chi connectivity index (χ1n) is 7.99. The van der Waals surface area contributed by atoms with Gasteiger partial charge in [-0.25, -0.2) is 4.39 Å². The van der Waals surface area contributed by atoms with Gasteiger partial charge in [0, 0.05) is 12.1 Å². The molecule has 2 N–H and O–H groups in total. The summed E-state index contributed by atoms with van der Waals surface area (Å²) in [6.45, 7) is 4.19. The van der Waals surface area contributed by atoms with Crippen LogP contribution in [0.15, 0.2) is 42.5 Å². The van der Waals surface area contributed by atoms with E-state index < -0.39 is 17.8 Å². The molecule has 0 aliphatic rings. The van der Waals surface area contributed by atoms with Crippen molar-refractivity contribution >= 4 is 17.6 Å². The average Bonchev–Trinajstić information content (AvgIpc) is 2.55. The Morgan fingerprint density at radius 3 is 2.48 bits per heavy atom. The smallest absolute Gasteiger partial charge is 0.320 e. The molecular formula is C19H21ClFNO3. The Kier molecular flexibility index (Phi) is 6.79. The molecule has 0 fully saturated rings. The van der Waals surface area contributed by atoms with Gasteiger partial charge >= 0.3 is 5.97 Å². The zero-order chi connectivity index (χ0) is 18.4. The maximum atomic E-state index is 13.7. The van der Waals surface area contributed by atoms with Crippen LogP contribution in [0.4, 0.5) is 4.39 Å². The number of carbonyl (C=O) groups is 1. The Bertz CT molecular complexity index is 699. The summed E-state index contributed by atoms with van der Waals surface area (Å²) in [5, 5.41) is 12.5. The number of hydrogen-bond acceptors (Lipinski definition) is 3. The van der Waals surface area contributed by atoms with Crippen LogP contribution < -0.4 is 10.1 Å². The van der Waals surface area contributed by atoms with Crippen LogP contribution in [0, 0.1) is 11.7 Å². The first-order valence-corrected chi connectivity index (χ1v) is 8.37. The molecule has 0 spiro atoms. The third-order valence-corrected chi connectivity index (χ3v) is 4.18. The van der Waals surface area contributed by atoms with Gasteiger partial charge in [0.2, 0.25) is 0 Å². The Morgan fingerprint density at radius 1 is 1.24 bits per heavy atom. The number of ether oxygens (including phenoxy) is 1. The van der Waals surface area contributed by atoms with Gasteiger partial charge in [-0.05, 0) is 35.7 Å². The van der Waals surface area contributed by atoms with Crippen LogP contribution in [0.2, 0.25) is 5.02 Å². The summed E-state index contributed by atoms with van der Waals surface area (Å²) in [6, 6.07) is 11.1. The molecule has 0 bridgehead atoms. The first-order chi connectivity index (χ1) is 11.9. The summed E-state index contributed by atoms with van der Waals surface area (Å²) in [5.74, 6) is -0.689. The fourth-order valence-electron chi connectivity index (χ4n) is 2.37. The third-order valence-electron chi connectivity index (χ3n) is 3.83. The summed E-state index contributed by atoms with van der Waals surface area (Å²) in [4.78, 5) is 11.2. The molecule has 2 aromatic rings. The lowest BCUT2D eigenvalue weighted by molar-refractivity contribution is -0.140. The standard InChI is InChI=1S/C19H21ClFNO3/c1-12(2)18(19(23)24)22-10-13-6-8-14(9-7-13)25-11-15-16(20)4-3-5-17(15)21/h3-9,12,18,22H,10-11H2,1-2H3,(H,23,24). The van der Waals surface area contributed by atoms with E-state index in [1.54, 1.807) is 24.3 Å². The number of carboxylic acids is 1. The number of aliphatic carboxylic acids is 1. The molecule has 0 saturated heterocycles. The first kappa shape index (κ1) is 19.2. The van der Waals surface area contributed by atoms with E-state index in [1.165, 1.54) is 6.07 Å². The van der Waals surface area contributed by atoms with Crippen LogP contribution in [-0.4, -0.2) is 17.1 Å². The highest BCUT2D eigenvalue weighted by Gasteiger charge is 2.20. The second kappa shape index (κ2) is 8.83. The predicted octanol–water partition coefficient (Wildman–Crippen LogP) is 4.26. The lowest BCUT2D eigenvalue weighted by Crippen LogP contribution is -2.40. The number of hydrogen-bond donors (Lipinski definition) is 2. The minimum atomic E-state index is -0.864. The van der Waals surface area contributed by atoms with Crippen molar-refractivity contribution in [2.24, 2.45) is 5.92 Å². The van der Waals surface area contributed by atoms with Crippen LogP contribution >= 0.6 is 11.6 Å². The molecule has 1 unspecified atom stereocenters. The van der Waals surface area contributed by atoms with Crippen molar-refractivity contribution in [2.45, 2.75) is 33.0 Å². The molecule has 0 aliphatic heterocycles. The van der Waals surface area contributed by atoms with Crippen molar-refractivity contribution in [2.75, 3.05) is 0 Å². The Morgan fingerprint density at radius 2 is 1.92 bits per heavy atom. The molecule has 6 heteroatoms. The van der Waals surface area contributed by atoms with E-state index in [-0.39, 0.29) is 12.5 Å². The van der Waals surface area contributed by atoms with Gasteiger partial charge in [0.25, 0.3) is 0 Å². The van der Waals surface area contributed by atoms with Crippen molar-refractivity contribution in [3.8, 4) is 5.75 Å². The van der Waals surface area contributed by atoms with Crippen molar-refractivity contribution in [1.29, 1.82) is 0 Å². The highest BCUT2D eigenvalue weighted by Crippen LogP contribution is 2.21. The molecule has 0 aliphatic carbocycles. The Hall–Kier alpha value is -2.11. The van der Waals surface area contributed by atoms with E-state index in [4.69, 9.17) is 21.4 Å². The zero-order valence-corrected chi connectivity index (χ0v) is 14.9. The van der Waals surface area contributed by atoms with Gasteiger partial charge in [0.05, 0.1) is 5.02 Å². The van der Waals surface area contributed by atoms with Crippen molar-refractivity contribution < 1.29 is 19.0 Å². The third kappa shape index (κ3) is 5.44. The topological polar surface area (TPSA) is 58.6 Å². The van der Waals surface area contributed by atoms with Gasteiger partial charge in [-0.2, -0.15) is 0 Å². The van der Waals surface area contributed by atoms with Gasteiger partial charge in [-0.3, -0.25) is 4.79 Å². The van der Waals surface area contributed by atoms with Gasteiger partial charge in [-0.15, -0.1) is 0 Å². The molecule has 0 heterocycles. The lowest BCUT2D eigenvalue weighted by Gasteiger charge is -2.18. The maximum Gasteiger partial charge on any atom is 0.320 e. The van der Waals surface area contributed by atoms with Gasteiger partial charge in [0.15, 0.2) is 0 Å². The Labute approximate surface area is 151 Å². The molecule has 0 amide bonds. The fraction of sp³-hybridized carbons (Fsp3) is 0.316. The van der Waals surface area contributed by atoms with Crippen molar-refractivity contribution in [3.05, 3.63) is 64.4 Å². The highest BCUT2D eigenvalue weighted by atomic mass is 35.5. The second-order valence-electron chi connectivity index (χ2n) is 6.07. The van der Waals surface area contributed by atoms with Crippen LogP contribution in [0.5, 0.6) is 5.75 Å².